The molecule has 3 N–H and O–H groups in total. The lowest BCUT2D eigenvalue weighted by molar-refractivity contribution is -0.110. The van der Waals surface area contributed by atoms with Crippen LogP contribution in [0.25, 0.3) is 17.4 Å². The van der Waals surface area contributed by atoms with E-state index in [9.17, 15) is 14.1 Å². The van der Waals surface area contributed by atoms with Crippen LogP contribution in [0.5, 0.6) is 0 Å². The van der Waals surface area contributed by atoms with E-state index in [1.807, 2.05) is 13.8 Å². The zero-order valence-corrected chi connectivity index (χ0v) is 15.3. The van der Waals surface area contributed by atoms with Gasteiger partial charge in [-0.15, -0.1) is 0 Å². The first-order valence-electron chi connectivity index (χ1n) is 8.20. The highest BCUT2D eigenvalue weighted by atomic mass is 32.2. The average Bonchev–Trinajstić information content (AvgIpc) is 3.04. The Labute approximate surface area is 153 Å². The first-order valence-corrected chi connectivity index (χ1v) is 9.27. The summed E-state index contributed by atoms with van der Waals surface area (Å²) in [5.74, 6) is -0.219. The fourth-order valence-corrected chi connectivity index (χ4v) is 4.61. The van der Waals surface area contributed by atoms with Gasteiger partial charge in [0.2, 0.25) is 0 Å². The highest BCUT2D eigenvalue weighted by Crippen LogP contribution is 2.40. The molecule has 6 nitrogen and oxygen atoms in total. The van der Waals surface area contributed by atoms with E-state index in [1.54, 1.807) is 18.2 Å². The van der Waals surface area contributed by atoms with Gasteiger partial charge in [0.25, 0.3) is 5.91 Å². The zero-order chi connectivity index (χ0) is 18.6. The second-order valence-electron chi connectivity index (χ2n) is 6.39. The second kappa shape index (κ2) is 5.96. The summed E-state index contributed by atoms with van der Waals surface area (Å²) in [6.45, 7) is 7.66. The van der Waals surface area contributed by atoms with E-state index < -0.39 is 11.1 Å². The van der Waals surface area contributed by atoms with Gasteiger partial charge in [0.1, 0.15) is 5.76 Å². The predicted octanol–water partition coefficient (Wildman–Crippen LogP) is 3.25. The number of fused-ring (bicyclic) bond motifs is 3. The zero-order valence-electron chi connectivity index (χ0n) is 14.4. The first kappa shape index (κ1) is 16.8. The molecule has 0 spiro atoms. The Bertz CT molecular complexity index is 1030. The third kappa shape index (κ3) is 2.43. The molecule has 1 amide bonds. The number of H-pyrrole nitrogens is 1. The molecular formula is C19H18N2O4S. The number of rotatable bonds is 2. The maximum Gasteiger partial charge on any atom is 0.256 e. The summed E-state index contributed by atoms with van der Waals surface area (Å²) < 4.78 is 17.3. The van der Waals surface area contributed by atoms with Crippen LogP contribution in [0.1, 0.15) is 33.6 Å². The summed E-state index contributed by atoms with van der Waals surface area (Å²) in [6, 6.07) is 3.50. The molecule has 1 aromatic heterocycles. The molecule has 0 bridgehead atoms. The summed E-state index contributed by atoms with van der Waals surface area (Å²) in [5, 5.41) is 12.7. The van der Waals surface area contributed by atoms with Crippen molar-refractivity contribution in [3.05, 3.63) is 52.4 Å². The van der Waals surface area contributed by atoms with Crippen molar-refractivity contribution in [3.63, 3.8) is 0 Å². The molecule has 0 aliphatic carbocycles. The van der Waals surface area contributed by atoms with Gasteiger partial charge >= 0.3 is 0 Å². The van der Waals surface area contributed by atoms with Crippen molar-refractivity contribution >= 4 is 40.1 Å². The number of amides is 1. The molecule has 2 aliphatic rings. The van der Waals surface area contributed by atoms with Gasteiger partial charge in [-0.05, 0) is 49.6 Å². The number of aryl methyl sites for hydroxylation is 1. The molecule has 0 saturated heterocycles. The number of benzene rings is 1. The van der Waals surface area contributed by atoms with Gasteiger partial charge in [-0.2, -0.15) is 0 Å². The lowest BCUT2D eigenvalue weighted by Gasteiger charge is -2.18. The molecular weight excluding hydrogens is 352 g/mol. The van der Waals surface area contributed by atoms with Crippen LogP contribution in [0.15, 0.2) is 23.6 Å². The van der Waals surface area contributed by atoms with Crippen LogP contribution in [0.4, 0.5) is 5.69 Å². The molecule has 2 aromatic rings. The number of aliphatic hydroxyl groups excluding tert-OH is 1. The Morgan fingerprint density at radius 2 is 2.15 bits per heavy atom. The Morgan fingerprint density at radius 3 is 2.85 bits per heavy atom. The van der Waals surface area contributed by atoms with Crippen molar-refractivity contribution < 1.29 is 18.3 Å². The molecule has 0 fully saturated rings. The van der Waals surface area contributed by atoms with Crippen LogP contribution < -0.4 is 5.32 Å². The number of hydrogen-bond donors (Lipinski definition) is 3. The molecule has 1 aromatic carbocycles. The number of carbonyl (C=O) groups excluding carboxylic acids is 1. The number of nitrogens with one attached hydrogen (secondary N) is 2. The molecule has 3 heterocycles. The summed E-state index contributed by atoms with van der Waals surface area (Å²) >= 11 is -1.51. The second-order valence-corrected chi connectivity index (χ2v) is 7.54. The Kier molecular flexibility index (Phi) is 3.86. The van der Waals surface area contributed by atoms with Crippen LogP contribution in [-0.4, -0.2) is 26.8 Å². The number of aromatic nitrogens is 1. The minimum Gasteiger partial charge on any atom is -0.508 e. The van der Waals surface area contributed by atoms with Gasteiger partial charge in [0.15, 0.2) is 11.1 Å². The third-order valence-electron chi connectivity index (χ3n) is 4.81. The highest BCUT2D eigenvalue weighted by Gasteiger charge is 2.31. The monoisotopic (exact) mass is 370 g/mol. The van der Waals surface area contributed by atoms with E-state index in [1.165, 1.54) is 0 Å². The molecule has 1 atom stereocenters. The number of carbonyl (C=O) groups is 1. The summed E-state index contributed by atoms with van der Waals surface area (Å²) in [4.78, 5) is 16.4. The van der Waals surface area contributed by atoms with Crippen LogP contribution >= 0.6 is 0 Å². The fourth-order valence-electron chi connectivity index (χ4n) is 3.66. The Balaban J connectivity index is 1.91. The first-order chi connectivity index (χ1) is 12.4. The van der Waals surface area contributed by atoms with Gasteiger partial charge in [0.05, 0.1) is 17.1 Å². The smallest absolute Gasteiger partial charge is 0.256 e. The highest BCUT2D eigenvalue weighted by molar-refractivity contribution is 7.80. The SMILES string of the molecule is C=C(O)c1c(C)[nH]c(/C=C2\C(=O)Nc3ccc4c(c32)CCOS4=O)c1C. The van der Waals surface area contributed by atoms with Crippen molar-refractivity contribution in [2.45, 2.75) is 25.2 Å². The van der Waals surface area contributed by atoms with E-state index in [0.717, 1.165) is 28.1 Å². The number of aromatic amines is 1. The van der Waals surface area contributed by atoms with Crippen LogP contribution in [0.3, 0.4) is 0 Å². The molecule has 4 rings (SSSR count). The van der Waals surface area contributed by atoms with Crippen LogP contribution in [0.2, 0.25) is 0 Å². The Hall–Kier alpha value is -2.64. The van der Waals surface area contributed by atoms with Gasteiger partial charge < -0.3 is 15.4 Å². The predicted molar refractivity (Wildman–Crippen MR) is 101 cm³/mol. The van der Waals surface area contributed by atoms with Crippen molar-refractivity contribution in [2.75, 3.05) is 11.9 Å². The van der Waals surface area contributed by atoms with Crippen LogP contribution in [0, 0.1) is 13.8 Å². The average molecular weight is 370 g/mol. The standard InChI is InChI=1S/C19H18N2O4S/c1-9-15(20-10(2)17(9)11(3)22)8-13-18-12-6-7-25-26(24)16(12)5-4-14(18)21-19(13)23/h4-5,8,20,22H,3,6-7H2,1-2H3,(H,21,23)/b13-8-. The van der Waals surface area contributed by atoms with E-state index in [0.29, 0.717) is 34.7 Å². The molecule has 1 unspecified atom stereocenters. The molecule has 2 aliphatic heterocycles. The fraction of sp³-hybridized carbons (Fsp3) is 0.211. The van der Waals surface area contributed by atoms with Crippen molar-refractivity contribution in [3.8, 4) is 0 Å². The molecule has 0 saturated carbocycles. The molecule has 7 heteroatoms. The van der Waals surface area contributed by atoms with E-state index >= 15 is 0 Å². The number of hydrogen-bond acceptors (Lipinski definition) is 4. The minimum atomic E-state index is -1.51. The van der Waals surface area contributed by atoms with E-state index in [4.69, 9.17) is 4.18 Å². The van der Waals surface area contributed by atoms with Crippen LogP contribution in [-0.2, 0) is 26.5 Å². The van der Waals surface area contributed by atoms with E-state index in [-0.39, 0.29) is 11.7 Å². The number of aliphatic hydroxyl groups is 1. The topological polar surface area (TPSA) is 91.4 Å². The van der Waals surface area contributed by atoms with Gasteiger partial charge in [-0.25, -0.2) is 4.21 Å². The quantitative estimate of drug-likeness (QED) is 0.559. The molecule has 134 valence electrons. The third-order valence-corrected chi connectivity index (χ3v) is 5.93. The van der Waals surface area contributed by atoms with E-state index in [2.05, 4.69) is 16.9 Å². The Morgan fingerprint density at radius 1 is 1.38 bits per heavy atom. The lowest BCUT2D eigenvalue weighted by Crippen LogP contribution is -2.14. The lowest BCUT2D eigenvalue weighted by atomic mass is 9.97. The normalized spacial score (nSPS) is 20.0. The maximum absolute atomic E-state index is 12.6. The number of anilines is 1. The molecule has 0 radical (unpaired) electrons. The van der Waals surface area contributed by atoms with Crippen molar-refractivity contribution in [2.24, 2.45) is 0 Å². The summed E-state index contributed by atoms with van der Waals surface area (Å²) in [7, 11) is 0. The summed E-state index contributed by atoms with van der Waals surface area (Å²) in [6.07, 6.45) is 2.37. The minimum absolute atomic E-state index is 0.0119. The van der Waals surface area contributed by atoms with Crippen molar-refractivity contribution in [1.29, 1.82) is 0 Å². The largest absolute Gasteiger partial charge is 0.508 e. The van der Waals surface area contributed by atoms with Gasteiger partial charge in [-0.3, -0.25) is 8.98 Å². The van der Waals surface area contributed by atoms with Gasteiger partial charge in [-0.1, -0.05) is 6.58 Å². The maximum atomic E-state index is 12.6. The summed E-state index contributed by atoms with van der Waals surface area (Å²) in [5.41, 5.74) is 5.87. The molecule has 26 heavy (non-hydrogen) atoms. The van der Waals surface area contributed by atoms with Gasteiger partial charge in [0, 0.05) is 28.2 Å². The van der Waals surface area contributed by atoms with Crippen molar-refractivity contribution in [1.82, 2.24) is 4.98 Å².